The first-order chi connectivity index (χ1) is 15.2. The average molecular weight is 507 g/mol. The molecule has 182 valence electrons. The van der Waals surface area contributed by atoms with Crippen LogP contribution in [0.15, 0.2) is 28.9 Å². The third kappa shape index (κ3) is 6.13. The fraction of sp³-hybridized carbons (Fsp3) is 0.724. The molecule has 0 spiro atoms. The van der Waals surface area contributed by atoms with Crippen molar-refractivity contribution in [3.8, 4) is 5.75 Å². The topological polar surface area (TPSA) is 14.2 Å². The molecule has 2 nitrogen and oxygen atoms in total. The number of benzene rings is 1. The van der Waals surface area contributed by atoms with Crippen LogP contribution in [0.2, 0.25) is 0 Å². The second-order valence-electron chi connectivity index (χ2n) is 10.8. The Morgan fingerprint density at radius 1 is 0.812 bits per heavy atom. The Morgan fingerprint density at radius 2 is 1.38 bits per heavy atom. The van der Waals surface area contributed by atoms with Crippen LogP contribution in [0.4, 0.5) is 0 Å². The maximum Gasteiger partial charge on any atom is 0.133 e. The minimum absolute atomic E-state index is 0.494. The fourth-order valence-electron chi connectivity index (χ4n) is 6.31. The van der Waals surface area contributed by atoms with Crippen LogP contribution >= 0.6 is 15.9 Å². The van der Waals surface area contributed by atoms with Gasteiger partial charge in [0.2, 0.25) is 0 Å². The molecule has 0 amide bonds. The molecule has 0 saturated carbocycles. The first kappa shape index (κ1) is 27.3. The normalized spacial score (nSPS) is 13.6. The van der Waals surface area contributed by atoms with Gasteiger partial charge in [-0.15, -0.1) is 0 Å². The number of nitrogens with zero attached hydrogens (tertiary/aromatic N) is 1. The first-order valence-corrected chi connectivity index (χ1v) is 13.8. The Balaban J connectivity index is 1.73. The van der Waals surface area contributed by atoms with Gasteiger partial charge in [-0.25, -0.2) is 0 Å². The minimum atomic E-state index is 0.494. The van der Waals surface area contributed by atoms with Gasteiger partial charge in [-0.2, -0.15) is 0 Å². The van der Waals surface area contributed by atoms with E-state index < -0.39 is 0 Å². The Kier molecular flexibility index (Phi) is 10.6. The molecule has 0 aliphatic carbocycles. The monoisotopic (exact) mass is 505 g/mol. The summed E-state index contributed by atoms with van der Waals surface area (Å²) in [6, 6.07) is 6.96. The molecule has 1 heterocycles. The zero-order valence-corrected chi connectivity index (χ0v) is 23.6. The van der Waals surface area contributed by atoms with Crippen LogP contribution in [0.25, 0.3) is 10.9 Å². The van der Waals surface area contributed by atoms with Gasteiger partial charge in [0.1, 0.15) is 5.75 Å². The lowest BCUT2D eigenvalue weighted by molar-refractivity contribution is 0.0356. The number of halogens is 1. The predicted octanol–water partition coefficient (Wildman–Crippen LogP) is 10.0. The Morgan fingerprint density at radius 3 is 1.94 bits per heavy atom. The van der Waals surface area contributed by atoms with Gasteiger partial charge in [-0.05, 0) is 77.1 Å². The van der Waals surface area contributed by atoms with E-state index in [1.807, 2.05) is 0 Å². The molecule has 3 heteroatoms. The minimum Gasteiger partial charge on any atom is -0.496 e. The summed E-state index contributed by atoms with van der Waals surface area (Å²) in [5.41, 5.74) is 1.78. The molecule has 1 unspecified atom stereocenters. The van der Waals surface area contributed by atoms with Crippen LogP contribution in [0, 0.1) is 23.2 Å². The smallest absolute Gasteiger partial charge is 0.133 e. The third-order valence-electron chi connectivity index (χ3n) is 8.20. The van der Waals surface area contributed by atoms with Crippen LogP contribution in [0.5, 0.6) is 5.75 Å². The highest BCUT2D eigenvalue weighted by molar-refractivity contribution is 9.10. The van der Waals surface area contributed by atoms with Gasteiger partial charge in [0.05, 0.1) is 11.6 Å². The van der Waals surface area contributed by atoms with Gasteiger partial charge in [-0.1, -0.05) is 80.1 Å². The molecule has 0 aliphatic heterocycles. The van der Waals surface area contributed by atoms with E-state index in [9.17, 15) is 0 Å². The Hall–Kier alpha value is -0.960. The van der Waals surface area contributed by atoms with Crippen molar-refractivity contribution in [2.45, 2.75) is 106 Å². The highest BCUT2D eigenvalue weighted by Gasteiger charge is 2.39. The Labute approximate surface area is 206 Å². The van der Waals surface area contributed by atoms with E-state index >= 15 is 0 Å². The molecule has 0 saturated heterocycles. The van der Waals surface area contributed by atoms with Crippen molar-refractivity contribution in [2.75, 3.05) is 7.11 Å². The van der Waals surface area contributed by atoms with Gasteiger partial charge in [0, 0.05) is 23.1 Å². The van der Waals surface area contributed by atoms with E-state index in [0.717, 1.165) is 28.0 Å². The number of methoxy groups -OCH3 is 1. The molecule has 1 atom stereocenters. The molecule has 32 heavy (non-hydrogen) atoms. The summed E-state index contributed by atoms with van der Waals surface area (Å²) in [4.78, 5) is 0. The van der Waals surface area contributed by atoms with Crippen molar-refractivity contribution < 1.29 is 4.74 Å². The van der Waals surface area contributed by atoms with E-state index in [-0.39, 0.29) is 0 Å². The number of unbranched alkanes of at least 4 members (excludes halogenated alkanes) is 5. The van der Waals surface area contributed by atoms with Crippen LogP contribution in [-0.4, -0.2) is 11.7 Å². The molecule has 0 bridgehead atoms. The van der Waals surface area contributed by atoms with Crippen LogP contribution in [-0.2, 0) is 0 Å². The van der Waals surface area contributed by atoms with E-state index in [0.29, 0.717) is 11.5 Å². The Bertz CT molecular complexity index is 798. The van der Waals surface area contributed by atoms with Crippen LogP contribution in [0.1, 0.15) is 106 Å². The number of rotatable bonds is 14. The molecule has 1 aromatic carbocycles. The maximum atomic E-state index is 5.44. The molecule has 0 fully saturated rings. The fourth-order valence-corrected chi connectivity index (χ4v) is 6.94. The molecule has 0 N–H and O–H groups in total. The van der Waals surface area contributed by atoms with Crippen molar-refractivity contribution in [1.29, 1.82) is 0 Å². The van der Waals surface area contributed by atoms with Crippen molar-refractivity contribution in [3.05, 3.63) is 28.9 Å². The zero-order valence-electron chi connectivity index (χ0n) is 22.0. The van der Waals surface area contributed by atoms with Gasteiger partial charge in [-0.3, -0.25) is 0 Å². The summed E-state index contributed by atoms with van der Waals surface area (Å²) in [5.74, 6) is 3.18. The molecule has 2 aromatic rings. The zero-order chi connectivity index (χ0) is 23.9. The number of hydrogen-bond acceptors (Lipinski definition) is 1. The highest BCUT2D eigenvalue weighted by atomic mass is 79.9. The summed E-state index contributed by atoms with van der Waals surface area (Å²) in [6.45, 7) is 17.0. The van der Waals surface area contributed by atoms with Gasteiger partial charge < -0.3 is 9.30 Å². The largest absolute Gasteiger partial charge is 0.496 e. The van der Waals surface area contributed by atoms with Crippen molar-refractivity contribution >= 4 is 26.8 Å². The number of ether oxygens (including phenoxy) is 1. The third-order valence-corrected chi connectivity index (χ3v) is 9.02. The van der Waals surface area contributed by atoms with E-state index in [4.69, 9.17) is 4.74 Å². The van der Waals surface area contributed by atoms with E-state index in [1.54, 1.807) is 7.11 Å². The maximum absolute atomic E-state index is 5.44. The average Bonchev–Trinajstić information content (AvgIpc) is 3.17. The first-order valence-electron chi connectivity index (χ1n) is 13.0. The lowest BCUT2D eigenvalue weighted by Crippen LogP contribution is -2.38. The summed E-state index contributed by atoms with van der Waals surface area (Å²) in [5, 5.41) is 1.23. The number of hydrogen-bond donors (Lipinski definition) is 0. The summed E-state index contributed by atoms with van der Waals surface area (Å²) in [6.07, 6.45) is 13.1. The highest BCUT2D eigenvalue weighted by Crippen LogP contribution is 2.47. The van der Waals surface area contributed by atoms with Gasteiger partial charge in [0.25, 0.3) is 0 Å². The van der Waals surface area contributed by atoms with Crippen molar-refractivity contribution in [3.63, 3.8) is 0 Å². The molecular weight excluding hydrogens is 458 g/mol. The SMILES string of the molecule is COc1ccc2c(ccn2C(C)CCCCCCCCC(C(C)C)(C(C)C)C(C)C)c1Br. The van der Waals surface area contributed by atoms with E-state index in [1.165, 1.54) is 62.3 Å². The summed E-state index contributed by atoms with van der Waals surface area (Å²) in [7, 11) is 1.72. The number of fused-ring (bicyclic) bond motifs is 1. The van der Waals surface area contributed by atoms with Crippen molar-refractivity contribution in [2.24, 2.45) is 23.2 Å². The van der Waals surface area contributed by atoms with Gasteiger partial charge in [0.15, 0.2) is 0 Å². The molecule has 0 radical (unpaired) electrons. The van der Waals surface area contributed by atoms with Crippen molar-refractivity contribution in [1.82, 2.24) is 4.57 Å². The van der Waals surface area contributed by atoms with Crippen LogP contribution < -0.4 is 4.74 Å². The second-order valence-corrected chi connectivity index (χ2v) is 11.6. The van der Waals surface area contributed by atoms with Gasteiger partial charge >= 0.3 is 0 Å². The summed E-state index contributed by atoms with van der Waals surface area (Å²) >= 11 is 3.70. The molecule has 1 aromatic heterocycles. The lowest BCUT2D eigenvalue weighted by Gasteiger charge is -2.45. The standard InChI is InChI=1S/C29H48BrNO/c1-21(2)29(22(3)4,23(5)6)19-14-12-10-9-11-13-15-24(7)31-20-18-25-26(31)16-17-27(32-8)28(25)30/h16-18,20-24H,9-15,19H2,1-8H3. The quantitative estimate of drug-likeness (QED) is 0.233. The van der Waals surface area contributed by atoms with E-state index in [2.05, 4.69) is 93.4 Å². The van der Waals surface area contributed by atoms with Crippen LogP contribution in [0.3, 0.4) is 0 Å². The number of aromatic nitrogens is 1. The molecular formula is C29H48BrNO. The second kappa shape index (κ2) is 12.5. The molecule has 2 rings (SSSR count). The lowest BCUT2D eigenvalue weighted by atomic mass is 9.60. The predicted molar refractivity (Wildman–Crippen MR) is 145 cm³/mol. The molecule has 0 aliphatic rings. The summed E-state index contributed by atoms with van der Waals surface area (Å²) < 4.78 is 8.91.